The molecular formula is C14H19NO5. The number of hydrogen-bond donors (Lipinski definition) is 2. The van der Waals surface area contributed by atoms with Gasteiger partial charge in [-0.2, -0.15) is 0 Å². The van der Waals surface area contributed by atoms with E-state index in [1.165, 1.54) is 38.0 Å². The molecule has 0 aliphatic heterocycles. The average molecular weight is 281 g/mol. The topological polar surface area (TPSA) is 87.1 Å². The number of para-hydroxylation sites is 1. The minimum absolute atomic E-state index is 0.0144. The highest BCUT2D eigenvalue weighted by atomic mass is 16.5. The molecule has 0 saturated carbocycles. The normalized spacial score (nSPS) is 11.0. The van der Waals surface area contributed by atoms with Crippen LogP contribution in [0.5, 0.6) is 11.5 Å². The number of aliphatic carboxylic acids is 1. The van der Waals surface area contributed by atoms with Gasteiger partial charge in [-0.1, -0.05) is 6.07 Å². The van der Waals surface area contributed by atoms with Gasteiger partial charge in [0.25, 0.3) is 5.91 Å². The van der Waals surface area contributed by atoms with Gasteiger partial charge in [0, 0.05) is 6.54 Å². The molecule has 20 heavy (non-hydrogen) atoms. The Balaban J connectivity index is 3.26. The second-order valence-electron chi connectivity index (χ2n) is 4.77. The van der Waals surface area contributed by atoms with E-state index in [-0.39, 0.29) is 23.6 Å². The minimum atomic E-state index is -1.37. The van der Waals surface area contributed by atoms with Gasteiger partial charge in [-0.05, 0) is 32.9 Å². The second kappa shape index (κ2) is 5.81. The van der Waals surface area contributed by atoms with Crippen molar-refractivity contribution < 1.29 is 24.5 Å². The number of phenolic OH excluding ortho intramolecular Hbond substituents is 1. The predicted molar refractivity (Wildman–Crippen MR) is 73.1 cm³/mol. The number of likely N-dealkylation sites (N-methyl/N-ethyl adjacent to an activating group) is 1. The number of nitrogens with zero attached hydrogens (tertiary/aromatic N) is 1. The molecule has 0 bridgehead atoms. The average Bonchev–Trinajstić information content (AvgIpc) is 2.39. The monoisotopic (exact) mass is 281 g/mol. The van der Waals surface area contributed by atoms with Crippen molar-refractivity contribution in [3.05, 3.63) is 23.8 Å². The summed E-state index contributed by atoms with van der Waals surface area (Å²) in [5.74, 6) is -1.80. The van der Waals surface area contributed by atoms with Crippen LogP contribution in [0.1, 0.15) is 31.1 Å². The Bertz CT molecular complexity index is 524. The van der Waals surface area contributed by atoms with Gasteiger partial charge in [-0.3, -0.25) is 4.79 Å². The number of phenols is 1. The molecule has 1 amide bonds. The molecule has 0 spiro atoms. The molecule has 6 heteroatoms. The number of hydrogen-bond acceptors (Lipinski definition) is 4. The van der Waals surface area contributed by atoms with Crippen LogP contribution in [-0.2, 0) is 4.79 Å². The van der Waals surface area contributed by atoms with E-state index in [1.807, 2.05) is 0 Å². The molecule has 0 atom stereocenters. The largest absolute Gasteiger partial charge is 0.504 e. The van der Waals surface area contributed by atoms with Crippen molar-refractivity contribution in [3.63, 3.8) is 0 Å². The van der Waals surface area contributed by atoms with Crippen molar-refractivity contribution >= 4 is 11.9 Å². The van der Waals surface area contributed by atoms with Crippen molar-refractivity contribution in [1.82, 2.24) is 4.90 Å². The minimum Gasteiger partial charge on any atom is -0.504 e. The lowest BCUT2D eigenvalue weighted by Crippen LogP contribution is -2.52. The maximum absolute atomic E-state index is 12.5. The number of carbonyl (C=O) groups is 2. The number of methoxy groups -OCH3 is 1. The van der Waals surface area contributed by atoms with Crippen LogP contribution in [-0.4, -0.2) is 46.2 Å². The second-order valence-corrected chi connectivity index (χ2v) is 4.77. The van der Waals surface area contributed by atoms with E-state index < -0.39 is 17.4 Å². The highest BCUT2D eigenvalue weighted by molar-refractivity contribution is 6.00. The molecule has 6 nitrogen and oxygen atoms in total. The van der Waals surface area contributed by atoms with Crippen LogP contribution in [0, 0.1) is 0 Å². The standard InChI is InChI=1S/C14H19NO5/c1-5-15(14(2,3)13(18)19)12(17)9-7-6-8-10(20-4)11(9)16/h6-8,16H,5H2,1-4H3,(H,18,19). The fraction of sp³-hybridized carbons (Fsp3) is 0.429. The fourth-order valence-corrected chi connectivity index (χ4v) is 1.91. The quantitative estimate of drug-likeness (QED) is 0.858. The van der Waals surface area contributed by atoms with Crippen molar-refractivity contribution in [1.29, 1.82) is 0 Å². The Hall–Kier alpha value is -2.24. The summed E-state index contributed by atoms with van der Waals surface area (Å²) in [4.78, 5) is 24.9. The van der Waals surface area contributed by atoms with Crippen LogP contribution in [0.25, 0.3) is 0 Å². The smallest absolute Gasteiger partial charge is 0.329 e. The Labute approximate surface area is 117 Å². The van der Waals surface area contributed by atoms with Crippen LogP contribution in [0.15, 0.2) is 18.2 Å². The lowest BCUT2D eigenvalue weighted by Gasteiger charge is -2.34. The maximum Gasteiger partial charge on any atom is 0.329 e. The SMILES string of the molecule is CCN(C(=O)c1cccc(OC)c1O)C(C)(C)C(=O)O. The van der Waals surface area contributed by atoms with E-state index in [4.69, 9.17) is 4.74 Å². The number of carboxylic acids is 1. The number of ether oxygens (including phenoxy) is 1. The van der Waals surface area contributed by atoms with E-state index in [1.54, 1.807) is 13.0 Å². The van der Waals surface area contributed by atoms with E-state index in [0.29, 0.717) is 0 Å². The molecule has 2 N–H and O–H groups in total. The molecule has 0 fully saturated rings. The van der Waals surface area contributed by atoms with E-state index in [2.05, 4.69) is 0 Å². The molecule has 0 saturated heterocycles. The summed E-state index contributed by atoms with van der Waals surface area (Å²) in [5, 5.41) is 19.2. The zero-order valence-electron chi connectivity index (χ0n) is 12.0. The number of aromatic hydroxyl groups is 1. The molecule has 110 valence electrons. The van der Waals surface area contributed by atoms with Crippen LogP contribution >= 0.6 is 0 Å². The van der Waals surface area contributed by atoms with Crippen LogP contribution < -0.4 is 4.74 Å². The summed E-state index contributed by atoms with van der Waals surface area (Å²) < 4.78 is 4.95. The molecule has 1 aromatic carbocycles. The van der Waals surface area contributed by atoms with Gasteiger partial charge >= 0.3 is 5.97 Å². The fourth-order valence-electron chi connectivity index (χ4n) is 1.91. The first kappa shape index (κ1) is 15.8. The molecule has 1 aromatic rings. The molecule has 1 rings (SSSR count). The van der Waals surface area contributed by atoms with Crippen molar-refractivity contribution in [2.45, 2.75) is 26.3 Å². The Morgan fingerprint density at radius 1 is 1.35 bits per heavy atom. The first-order chi connectivity index (χ1) is 9.27. The number of carboxylic acid groups (broad SMARTS) is 1. The van der Waals surface area contributed by atoms with Crippen molar-refractivity contribution in [2.24, 2.45) is 0 Å². The Morgan fingerprint density at radius 3 is 2.40 bits per heavy atom. The van der Waals surface area contributed by atoms with Gasteiger partial charge in [0.15, 0.2) is 11.5 Å². The van der Waals surface area contributed by atoms with Crippen LogP contribution in [0.4, 0.5) is 0 Å². The zero-order chi connectivity index (χ0) is 15.5. The summed E-state index contributed by atoms with van der Waals surface area (Å²) in [7, 11) is 1.38. The molecule has 0 heterocycles. The lowest BCUT2D eigenvalue weighted by atomic mass is 10.0. The highest BCUT2D eigenvalue weighted by Gasteiger charge is 2.38. The molecule has 0 aliphatic rings. The highest BCUT2D eigenvalue weighted by Crippen LogP contribution is 2.31. The first-order valence-corrected chi connectivity index (χ1v) is 6.18. The van der Waals surface area contributed by atoms with Gasteiger partial charge < -0.3 is 19.8 Å². The Morgan fingerprint density at radius 2 is 1.95 bits per heavy atom. The summed E-state index contributed by atoms with van der Waals surface area (Å²) in [5.41, 5.74) is -1.36. The third kappa shape index (κ3) is 2.68. The zero-order valence-corrected chi connectivity index (χ0v) is 12.0. The number of carbonyl (C=O) groups excluding carboxylic acids is 1. The third-order valence-electron chi connectivity index (χ3n) is 3.21. The van der Waals surface area contributed by atoms with Crippen molar-refractivity contribution in [2.75, 3.05) is 13.7 Å². The molecular weight excluding hydrogens is 262 g/mol. The first-order valence-electron chi connectivity index (χ1n) is 6.18. The molecule has 0 aromatic heterocycles. The maximum atomic E-state index is 12.5. The number of benzene rings is 1. The van der Waals surface area contributed by atoms with Crippen LogP contribution in [0.3, 0.4) is 0 Å². The summed E-state index contributed by atoms with van der Waals surface area (Å²) in [6, 6.07) is 4.51. The summed E-state index contributed by atoms with van der Waals surface area (Å²) in [6.45, 7) is 4.76. The van der Waals surface area contributed by atoms with Gasteiger partial charge in [0.1, 0.15) is 5.54 Å². The Kier molecular flexibility index (Phi) is 4.60. The van der Waals surface area contributed by atoms with E-state index >= 15 is 0 Å². The van der Waals surface area contributed by atoms with Gasteiger partial charge in [0.05, 0.1) is 12.7 Å². The van der Waals surface area contributed by atoms with Gasteiger partial charge in [-0.15, -0.1) is 0 Å². The lowest BCUT2D eigenvalue weighted by molar-refractivity contribution is -0.147. The van der Waals surface area contributed by atoms with Crippen LogP contribution in [0.2, 0.25) is 0 Å². The number of amides is 1. The summed E-state index contributed by atoms with van der Waals surface area (Å²) in [6.07, 6.45) is 0. The van der Waals surface area contributed by atoms with E-state index in [9.17, 15) is 19.8 Å². The van der Waals surface area contributed by atoms with Gasteiger partial charge in [0.2, 0.25) is 0 Å². The van der Waals surface area contributed by atoms with E-state index in [0.717, 1.165) is 0 Å². The summed E-state index contributed by atoms with van der Waals surface area (Å²) >= 11 is 0. The van der Waals surface area contributed by atoms with Crippen molar-refractivity contribution in [3.8, 4) is 11.5 Å². The predicted octanol–water partition coefficient (Wildman–Crippen LogP) is 1.73. The molecule has 0 radical (unpaired) electrons. The third-order valence-corrected chi connectivity index (χ3v) is 3.21. The number of rotatable bonds is 5. The molecule has 0 unspecified atom stereocenters. The van der Waals surface area contributed by atoms with Gasteiger partial charge in [-0.25, -0.2) is 4.79 Å². The molecule has 0 aliphatic carbocycles.